The van der Waals surface area contributed by atoms with Gasteiger partial charge in [-0.3, -0.25) is 9.48 Å². The van der Waals surface area contributed by atoms with Crippen molar-refractivity contribution in [3.63, 3.8) is 0 Å². The molecule has 5 nitrogen and oxygen atoms in total. The van der Waals surface area contributed by atoms with Gasteiger partial charge in [0.2, 0.25) is 0 Å². The third kappa shape index (κ3) is 2.76. The molecule has 1 N–H and O–H groups in total. The summed E-state index contributed by atoms with van der Waals surface area (Å²) in [4.78, 5) is 11.7. The van der Waals surface area contributed by atoms with Crippen molar-refractivity contribution < 1.29 is 9.21 Å². The molecule has 0 aliphatic rings. The number of nitrogens with zero attached hydrogens (tertiary/aromatic N) is 2. The molecule has 1 amide bonds. The maximum atomic E-state index is 11.7. The molecule has 0 atom stereocenters. The number of amides is 1. The molecule has 0 saturated heterocycles. The Kier molecular flexibility index (Phi) is 3.63. The van der Waals surface area contributed by atoms with Crippen LogP contribution in [0, 0.1) is 0 Å². The Labute approximate surface area is 107 Å². The number of halogens is 1. The highest BCUT2D eigenvalue weighted by molar-refractivity contribution is 9.10. The Morgan fingerprint density at radius 1 is 1.65 bits per heavy atom. The van der Waals surface area contributed by atoms with Crippen LogP contribution in [0.4, 0.5) is 0 Å². The van der Waals surface area contributed by atoms with E-state index < -0.39 is 0 Å². The second-order valence-corrected chi connectivity index (χ2v) is 4.22. The molecule has 0 unspecified atom stereocenters. The van der Waals surface area contributed by atoms with Gasteiger partial charge in [0.05, 0.1) is 18.0 Å². The van der Waals surface area contributed by atoms with E-state index in [0.29, 0.717) is 16.8 Å². The maximum absolute atomic E-state index is 11.7. The standard InChI is InChI=1S/C11H12BrN3O2/c1-2-15-7-8(6-14-15)5-13-11(16)9-3-4-17-10(9)12/h3-4,6-7H,2,5H2,1H3,(H,13,16). The van der Waals surface area contributed by atoms with E-state index >= 15 is 0 Å². The van der Waals surface area contributed by atoms with Crippen LogP contribution < -0.4 is 5.32 Å². The Bertz CT molecular complexity index is 518. The molecule has 90 valence electrons. The third-order valence-corrected chi connectivity index (χ3v) is 2.94. The van der Waals surface area contributed by atoms with Gasteiger partial charge in [-0.05, 0) is 28.9 Å². The van der Waals surface area contributed by atoms with Gasteiger partial charge in [0.25, 0.3) is 5.91 Å². The molecule has 0 aliphatic heterocycles. The minimum atomic E-state index is -0.171. The summed E-state index contributed by atoms with van der Waals surface area (Å²) >= 11 is 3.16. The highest BCUT2D eigenvalue weighted by Gasteiger charge is 2.12. The van der Waals surface area contributed by atoms with Crippen molar-refractivity contribution in [2.75, 3.05) is 0 Å². The molecule has 0 bridgehead atoms. The van der Waals surface area contributed by atoms with Crippen molar-refractivity contribution in [1.29, 1.82) is 0 Å². The summed E-state index contributed by atoms with van der Waals surface area (Å²) in [6, 6.07) is 1.62. The average molecular weight is 298 g/mol. The van der Waals surface area contributed by atoms with E-state index in [9.17, 15) is 4.79 Å². The van der Waals surface area contributed by atoms with E-state index in [0.717, 1.165) is 12.1 Å². The summed E-state index contributed by atoms with van der Waals surface area (Å²) in [7, 11) is 0. The minimum absolute atomic E-state index is 0.171. The molecule has 2 heterocycles. The zero-order valence-corrected chi connectivity index (χ0v) is 10.9. The van der Waals surface area contributed by atoms with Gasteiger partial charge in [-0.2, -0.15) is 5.10 Å². The molecule has 0 aromatic carbocycles. The van der Waals surface area contributed by atoms with Crippen molar-refractivity contribution >= 4 is 21.8 Å². The summed E-state index contributed by atoms with van der Waals surface area (Å²) in [5.74, 6) is -0.171. The van der Waals surface area contributed by atoms with Crippen LogP contribution in [-0.4, -0.2) is 15.7 Å². The molecule has 0 fully saturated rings. The molecular weight excluding hydrogens is 286 g/mol. The number of nitrogens with one attached hydrogen (secondary N) is 1. The third-order valence-electron chi connectivity index (χ3n) is 2.33. The monoisotopic (exact) mass is 297 g/mol. The Balaban J connectivity index is 1.94. The van der Waals surface area contributed by atoms with Crippen LogP contribution in [0.2, 0.25) is 0 Å². The van der Waals surface area contributed by atoms with Gasteiger partial charge in [-0.15, -0.1) is 0 Å². The van der Waals surface area contributed by atoms with Gasteiger partial charge < -0.3 is 9.73 Å². The molecular formula is C11H12BrN3O2. The molecule has 6 heteroatoms. The average Bonchev–Trinajstić information content (AvgIpc) is 2.94. The van der Waals surface area contributed by atoms with Crippen molar-refractivity contribution in [1.82, 2.24) is 15.1 Å². The number of aryl methyl sites for hydroxylation is 1. The van der Waals surface area contributed by atoms with E-state index in [2.05, 4.69) is 26.3 Å². The quantitative estimate of drug-likeness (QED) is 0.941. The molecule has 0 radical (unpaired) electrons. The van der Waals surface area contributed by atoms with Crippen molar-refractivity contribution in [2.24, 2.45) is 0 Å². The molecule has 17 heavy (non-hydrogen) atoms. The first-order chi connectivity index (χ1) is 8.20. The zero-order chi connectivity index (χ0) is 12.3. The predicted molar refractivity (Wildman–Crippen MR) is 65.5 cm³/mol. The highest BCUT2D eigenvalue weighted by atomic mass is 79.9. The van der Waals surface area contributed by atoms with E-state index in [1.165, 1.54) is 6.26 Å². The number of carbonyl (C=O) groups excluding carboxylic acids is 1. The number of hydrogen-bond donors (Lipinski definition) is 1. The number of carbonyl (C=O) groups is 1. The van der Waals surface area contributed by atoms with Crippen LogP contribution in [-0.2, 0) is 13.1 Å². The van der Waals surface area contributed by atoms with Crippen LogP contribution in [0.25, 0.3) is 0 Å². The summed E-state index contributed by atoms with van der Waals surface area (Å²) in [5.41, 5.74) is 1.47. The van der Waals surface area contributed by atoms with Crippen molar-refractivity contribution in [3.8, 4) is 0 Å². The van der Waals surface area contributed by atoms with E-state index in [1.54, 1.807) is 12.3 Å². The lowest BCUT2D eigenvalue weighted by atomic mass is 10.3. The zero-order valence-electron chi connectivity index (χ0n) is 9.31. The summed E-state index contributed by atoms with van der Waals surface area (Å²) < 4.78 is 7.26. The van der Waals surface area contributed by atoms with Gasteiger partial charge in [-0.25, -0.2) is 0 Å². The Morgan fingerprint density at radius 2 is 2.47 bits per heavy atom. The number of rotatable bonds is 4. The second-order valence-electron chi connectivity index (χ2n) is 3.49. The summed E-state index contributed by atoms with van der Waals surface area (Å²) in [6.07, 6.45) is 5.12. The number of furan rings is 1. The highest BCUT2D eigenvalue weighted by Crippen LogP contribution is 2.17. The van der Waals surface area contributed by atoms with Gasteiger partial charge >= 0.3 is 0 Å². The van der Waals surface area contributed by atoms with Gasteiger partial charge in [0.1, 0.15) is 0 Å². The smallest absolute Gasteiger partial charge is 0.256 e. The fraction of sp³-hybridized carbons (Fsp3) is 0.273. The lowest BCUT2D eigenvalue weighted by Gasteiger charge is -2.01. The fourth-order valence-corrected chi connectivity index (χ4v) is 1.82. The van der Waals surface area contributed by atoms with Crippen LogP contribution >= 0.6 is 15.9 Å². The predicted octanol–water partition coefficient (Wildman–Crippen LogP) is 2.19. The lowest BCUT2D eigenvalue weighted by Crippen LogP contribution is -2.22. The molecule has 0 aliphatic carbocycles. The Hall–Kier alpha value is -1.56. The maximum Gasteiger partial charge on any atom is 0.256 e. The lowest BCUT2D eigenvalue weighted by molar-refractivity contribution is 0.0949. The first-order valence-corrected chi connectivity index (χ1v) is 6.02. The summed E-state index contributed by atoms with van der Waals surface area (Å²) in [5, 5.41) is 6.93. The SMILES string of the molecule is CCn1cc(CNC(=O)c2ccoc2Br)cn1. The van der Waals surface area contributed by atoms with Crippen molar-refractivity contribution in [3.05, 3.63) is 40.5 Å². The molecule has 2 aromatic heterocycles. The Morgan fingerprint density at radius 3 is 3.06 bits per heavy atom. The van der Waals surface area contributed by atoms with Crippen LogP contribution in [0.1, 0.15) is 22.8 Å². The first-order valence-electron chi connectivity index (χ1n) is 5.23. The normalized spacial score (nSPS) is 10.5. The largest absolute Gasteiger partial charge is 0.457 e. The van der Waals surface area contributed by atoms with E-state index in [4.69, 9.17) is 4.42 Å². The van der Waals surface area contributed by atoms with Gasteiger partial charge in [0.15, 0.2) is 4.67 Å². The topological polar surface area (TPSA) is 60.1 Å². The van der Waals surface area contributed by atoms with Crippen LogP contribution in [0.3, 0.4) is 0 Å². The second kappa shape index (κ2) is 5.18. The summed E-state index contributed by atoms with van der Waals surface area (Å²) in [6.45, 7) is 3.29. The van der Waals surface area contributed by atoms with Crippen LogP contribution in [0.15, 0.2) is 33.8 Å². The molecule has 0 spiro atoms. The molecule has 0 saturated carbocycles. The van der Waals surface area contributed by atoms with Crippen LogP contribution in [0.5, 0.6) is 0 Å². The van der Waals surface area contributed by atoms with E-state index in [-0.39, 0.29) is 5.91 Å². The number of aromatic nitrogens is 2. The van der Waals surface area contributed by atoms with Gasteiger partial charge in [0, 0.05) is 24.8 Å². The molecule has 2 aromatic rings. The number of hydrogen-bond acceptors (Lipinski definition) is 3. The van der Waals surface area contributed by atoms with E-state index in [1.807, 2.05) is 17.8 Å². The van der Waals surface area contributed by atoms with Crippen molar-refractivity contribution in [2.45, 2.75) is 20.0 Å². The molecule has 2 rings (SSSR count). The fourth-order valence-electron chi connectivity index (χ4n) is 1.40. The minimum Gasteiger partial charge on any atom is -0.457 e. The van der Waals surface area contributed by atoms with Gasteiger partial charge in [-0.1, -0.05) is 0 Å². The first kappa shape index (κ1) is 11.9.